The fourth-order valence-corrected chi connectivity index (χ4v) is 3.63. The van der Waals surface area contributed by atoms with Crippen molar-refractivity contribution in [1.29, 1.82) is 5.26 Å². The molecule has 0 spiro atoms. The Labute approximate surface area is 168 Å². The highest BCUT2D eigenvalue weighted by Gasteiger charge is 2.24. The first-order valence-electron chi connectivity index (χ1n) is 9.53. The first-order chi connectivity index (χ1) is 14.2. The highest BCUT2D eigenvalue weighted by Crippen LogP contribution is 2.29. The molecule has 1 N–H and O–H groups in total. The molecular formula is C23H19N3O3. The largest absolute Gasteiger partial charge is 0.452 e. The first-order valence-corrected chi connectivity index (χ1v) is 9.53. The van der Waals surface area contributed by atoms with Crippen molar-refractivity contribution in [1.82, 2.24) is 4.98 Å². The number of benzene rings is 2. The molecule has 0 unspecified atom stereocenters. The van der Waals surface area contributed by atoms with Crippen LogP contribution < -0.4 is 5.32 Å². The van der Waals surface area contributed by atoms with Crippen LogP contribution in [0.1, 0.15) is 40.0 Å². The number of aryl methyl sites for hydroxylation is 1. The van der Waals surface area contributed by atoms with Crippen LogP contribution in [0, 0.1) is 11.3 Å². The summed E-state index contributed by atoms with van der Waals surface area (Å²) >= 11 is 0. The number of hydrogen-bond acceptors (Lipinski definition) is 5. The van der Waals surface area contributed by atoms with Gasteiger partial charge in [0.2, 0.25) is 0 Å². The van der Waals surface area contributed by atoms with Crippen molar-refractivity contribution in [3.8, 4) is 6.07 Å². The molecule has 0 fully saturated rings. The van der Waals surface area contributed by atoms with E-state index in [0.29, 0.717) is 16.8 Å². The highest BCUT2D eigenvalue weighted by atomic mass is 16.5. The molecule has 6 nitrogen and oxygen atoms in total. The van der Waals surface area contributed by atoms with Crippen LogP contribution in [-0.4, -0.2) is 23.5 Å². The SMILES string of the molecule is N#Cc1ccc(NC(=O)COC(=O)c2c3c(nc4ccccc24)CCCC3)cc1. The average Bonchev–Trinajstić information content (AvgIpc) is 2.76. The number of aromatic nitrogens is 1. The summed E-state index contributed by atoms with van der Waals surface area (Å²) in [5.41, 5.74) is 4.22. The second kappa shape index (κ2) is 8.11. The van der Waals surface area contributed by atoms with Crippen LogP contribution in [0.5, 0.6) is 0 Å². The Hall–Kier alpha value is -3.72. The summed E-state index contributed by atoms with van der Waals surface area (Å²) < 4.78 is 5.35. The zero-order chi connectivity index (χ0) is 20.2. The van der Waals surface area contributed by atoms with E-state index < -0.39 is 11.9 Å². The molecule has 2 aromatic carbocycles. The summed E-state index contributed by atoms with van der Waals surface area (Å²) in [7, 11) is 0. The summed E-state index contributed by atoms with van der Waals surface area (Å²) in [6, 6.07) is 16.0. The van der Waals surface area contributed by atoms with E-state index in [4.69, 9.17) is 15.0 Å². The second-order valence-corrected chi connectivity index (χ2v) is 6.95. The van der Waals surface area contributed by atoms with Gasteiger partial charge in [-0.3, -0.25) is 9.78 Å². The fourth-order valence-electron chi connectivity index (χ4n) is 3.63. The molecule has 4 rings (SSSR count). The number of nitrogens with zero attached hydrogens (tertiary/aromatic N) is 2. The lowest BCUT2D eigenvalue weighted by atomic mass is 9.90. The van der Waals surface area contributed by atoms with E-state index in [0.717, 1.165) is 47.8 Å². The third-order valence-corrected chi connectivity index (χ3v) is 5.01. The third kappa shape index (κ3) is 3.94. The Morgan fingerprint density at radius 3 is 2.62 bits per heavy atom. The van der Waals surface area contributed by atoms with E-state index in [-0.39, 0.29) is 6.61 Å². The molecular weight excluding hydrogens is 366 g/mol. The number of fused-ring (bicyclic) bond motifs is 2. The van der Waals surface area contributed by atoms with E-state index in [9.17, 15) is 9.59 Å². The fraction of sp³-hybridized carbons (Fsp3) is 0.217. The molecule has 0 saturated heterocycles. The van der Waals surface area contributed by atoms with Gasteiger partial charge < -0.3 is 10.1 Å². The van der Waals surface area contributed by atoms with Gasteiger partial charge in [0.15, 0.2) is 6.61 Å². The van der Waals surface area contributed by atoms with E-state index in [1.54, 1.807) is 24.3 Å². The lowest BCUT2D eigenvalue weighted by Gasteiger charge is -2.19. The van der Waals surface area contributed by atoms with Crippen LogP contribution in [0.25, 0.3) is 10.9 Å². The molecule has 0 bridgehead atoms. The minimum Gasteiger partial charge on any atom is -0.452 e. The lowest BCUT2D eigenvalue weighted by molar-refractivity contribution is -0.119. The zero-order valence-corrected chi connectivity index (χ0v) is 15.8. The Morgan fingerprint density at radius 1 is 1.07 bits per heavy atom. The van der Waals surface area contributed by atoms with Gasteiger partial charge in [-0.2, -0.15) is 5.26 Å². The van der Waals surface area contributed by atoms with Gasteiger partial charge in [-0.15, -0.1) is 0 Å². The van der Waals surface area contributed by atoms with Crippen molar-refractivity contribution < 1.29 is 14.3 Å². The lowest BCUT2D eigenvalue weighted by Crippen LogP contribution is -2.22. The van der Waals surface area contributed by atoms with E-state index in [1.165, 1.54) is 0 Å². The van der Waals surface area contributed by atoms with E-state index in [2.05, 4.69) is 5.32 Å². The molecule has 1 aromatic heterocycles. The number of esters is 1. The molecule has 1 heterocycles. The Balaban J connectivity index is 1.51. The predicted octanol–water partition coefficient (Wildman–Crippen LogP) is 3.78. The van der Waals surface area contributed by atoms with Crippen molar-refractivity contribution >= 4 is 28.5 Å². The van der Waals surface area contributed by atoms with Crippen LogP contribution in [0.3, 0.4) is 0 Å². The first kappa shape index (κ1) is 18.6. The molecule has 0 aliphatic heterocycles. The summed E-state index contributed by atoms with van der Waals surface area (Å²) in [4.78, 5) is 29.8. The van der Waals surface area contributed by atoms with Gasteiger partial charge in [0.05, 0.1) is 22.7 Å². The van der Waals surface area contributed by atoms with Crippen LogP contribution in [0.4, 0.5) is 5.69 Å². The number of carbonyl (C=O) groups is 2. The maximum absolute atomic E-state index is 12.9. The van der Waals surface area contributed by atoms with Gasteiger partial charge in [0.25, 0.3) is 5.91 Å². The molecule has 3 aromatic rings. The molecule has 144 valence electrons. The number of para-hydroxylation sites is 1. The van der Waals surface area contributed by atoms with Gasteiger partial charge in [-0.25, -0.2) is 4.79 Å². The smallest absolute Gasteiger partial charge is 0.339 e. The Morgan fingerprint density at radius 2 is 1.83 bits per heavy atom. The summed E-state index contributed by atoms with van der Waals surface area (Å²) in [5.74, 6) is -0.938. The second-order valence-electron chi connectivity index (χ2n) is 6.95. The molecule has 1 amide bonds. The van der Waals surface area contributed by atoms with Gasteiger partial charge in [0.1, 0.15) is 0 Å². The Bertz CT molecular complexity index is 1130. The molecule has 1 aliphatic rings. The number of nitriles is 1. The standard InChI is InChI=1S/C23H19N3O3/c24-13-15-9-11-16(12-10-15)25-21(27)14-29-23(28)22-17-5-1-3-7-19(17)26-20-8-4-2-6-18(20)22/h1,3,5,7,9-12H,2,4,6,8,14H2,(H,25,27). The zero-order valence-electron chi connectivity index (χ0n) is 15.8. The Kier molecular flexibility index (Phi) is 5.21. The van der Waals surface area contributed by atoms with Crippen LogP contribution >= 0.6 is 0 Å². The normalized spacial score (nSPS) is 12.7. The van der Waals surface area contributed by atoms with Crippen LogP contribution in [0.2, 0.25) is 0 Å². The van der Waals surface area contributed by atoms with Gasteiger partial charge in [-0.05, 0) is 61.6 Å². The summed E-state index contributed by atoms with van der Waals surface area (Å²) in [6.07, 6.45) is 3.70. The molecule has 29 heavy (non-hydrogen) atoms. The number of ether oxygens (including phenoxy) is 1. The van der Waals surface area contributed by atoms with Gasteiger partial charge in [0, 0.05) is 16.8 Å². The summed E-state index contributed by atoms with van der Waals surface area (Å²) in [6.45, 7) is -0.385. The average molecular weight is 385 g/mol. The van der Waals surface area contributed by atoms with Gasteiger partial charge in [-0.1, -0.05) is 18.2 Å². The maximum atomic E-state index is 12.9. The number of anilines is 1. The van der Waals surface area contributed by atoms with E-state index >= 15 is 0 Å². The maximum Gasteiger partial charge on any atom is 0.339 e. The number of pyridine rings is 1. The number of carbonyl (C=O) groups excluding carboxylic acids is 2. The highest BCUT2D eigenvalue weighted by molar-refractivity contribution is 6.06. The van der Waals surface area contributed by atoms with Crippen molar-refractivity contribution in [2.24, 2.45) is 0 Å². The van der Waals surface area contributed by atoms with Crippen molar-refractivity contribution in [2.75, 3.05) is 11.9 Å². The minimum absolute atomic E-state index is 0.385. The van der Waals surface area contributed by atoms with Gasteiger partial charge >= 0.3 is 5.97 Å². The minimum atomic E-state index is -0.503. The van der Waals surface area contributed by atoms with Crippen LogP contribution in [0.15, 0.2) is 48.5 Å². The van der Waals surface area contributed by atoms with E-state index in [1.807, 2.05) is 30.3 Å². The van der Waals surface area contributed by atoms with Crippen LogP contribution in [-0.2, 0) is 22.4 Å². The summed E-state index contributed by atoms with van der Waals surface area (Å²) in [5, 5.41) is 12.2. The molecule has 0 radical (unpaired) electrons. The van der Waals surface area contributed by atoms with Crippen molar-refractivity contribution in [3.05, 3.63) is 70.9 Å². The number of amides is 1. The molecule has 1 aliphatic carbocycles. The monoisotopic (exact) mass is 385 g/mol. The topological polar surface area (TPSA) is 92.1 Å². The van der Waals surface area contributed by atoms with Crippen molar-refractivity contribution in [3.63, 3.8) is 0 Å². The molecule has 0 atom stereocenters. The number of rotatable bonds is 4. The van der Waals surface area contributed by atoms with Crippen molar-refractivity contribution in [2.45, 2.75) is 25.7 Å². The quantitative estimate of drug-likeness (QED) is 0.690. The number of hydrogen-bond donors (Lipinski definition) is 1. The predicted molar refractivity (Wildman–Crippen MR) is 108 cm³/mol. The molecule has 0 saturated carbocycles. The third-order valence-electron chi connectivity index (χ3n) is 5.01. The number of nitrogens with one attached hydrogen (secondary N) is 1. The molecule has 6 heteroatoms.